The van der Waals surface area contributed by atoms with Crippen LogP contribution in [0, 0.1) is 0 Å². The van der Waals surface area contributed by atoms with E-state index in [2.05, 4.69) is 46.8 Å². The van der Waals surface area contributed by atoms with Crippen molar-refractivity contribution in [3.05, 3.63) is 21.9 Å². The van der Waals surface area contributed by atoms with E-state index in [1.807, 2.05) is 4.90 Å². The first-order valence-electron chi connectivity index (χ1n) is 6.79. The number of thiophene rings is 1. The van der Waals surface area contributed by atoms with Gasteiger partial charge >= 0.3 is 5.97 Å². The molecule has 1 heterocycles. The van der Waals surface area contributed by atoms with E-state index in [1.54, 1.807) is 11.3 Å². The standard InChI is InChI=1S/C15H25NO2S/c1-6-11(2)16(10-14(17)18)9-12-7-8-13(19-12)15(3,4)5/h7-8,11H,6,9-10H2,1-5H3,(H,17,18). The summed E-state index contributed by atoms with van der Waals surface area (Å²) in [6, 6.07) is 4.58. The summed E-state index contributed by atoms with van der Waals surface area (Å²) in [4.78, 5) is 15.6. The van der Waals surface area contributed by atoms with Gasteiger partial charge in [0.15, 0.2) is 0 Å². The Labute approximate surface area is 120 Å². The zero-order chi connectivity index (χ0) is 14.6. The van der Waals surface area contributed by atoms with Crippen LogP contribution in [0.1, 0.15) is 50.8 Å². The van der Waals surface area contributed by atoms with Crippen LogP contribution in [0.25, 0.3) is 0 Å². The molecule has 4 heteroatoms. The number of hydrogen-bond acceptors (Lipinski definition) is 3. The zero-order valence-electron chi connectivity index (χ0n) is 12.6. The van der Waals surface area contributed by atoms with Crippen LogP contribution in [0.5, 0.6) is 0 Å². The molecule has 0 aliphatic heterocycles. The molecule has 3 nitrogen and oxygen atoms in total. The quantitative estimate of drug-likeness (QED) is 0.864. The van der Waals surface area contributed by atoms with E-state index in [0.29, 0.717) is 0 Å². The normalized spacial score (nSPS) is 13.8. The van der Waals surface area contributed by atoms with Crippen molar-refractivity contribution >= 4 is 17.3 Å². The van der Waals surface area contributed by atoms with Crippen LogP contribution in [0.15, 0.2) is 12.1 Å². The molecular formula is C15H25NO2S. The molecule has 1 atom stereocenters. The van der Waals surface area contributed by atoms with Crippen LogP contribution in [-0.4, -0.2) is 28.6 Å². The predicted molar refractivity (Wildman–Crippen MR) is 80.8 cm³/mol. The Morgan fingerprint density at radius 2 is 2.05 bits per heavy atom. The molecule has 0 saturated carbocycles. The summed E-state index contributed by atoms with van der Waals surface area (Å²) >= 11 is 1.79. The van der Waals surface area contributed by atoms with Crippen LogP contribution in [0.2, 0.25) is 0 Å². The van der Waals surface area contributed by atoms with Crippen molar-refractivity contribution in [2.75, 3.05) is 6.54 Å². The average molecular weight is 283 g/mol. The Balaban J connectivity index is 2.79. The van der Waals surface area contributed by atoms with E-state index in [1.165, 1.54) is 9.75 Å². The maximum atomic E-state index is 10.9. The zero-order valence-corrected chi connectivity index (χ0v) is 13.4. The van der Waals surface area contributed by atoms with E-state index in [9.17, 15) is 4.79 Å². The third-order valence-electron chi connectivity index (χ3n) is 3.31. The number of hydrogen-bond donors (Lipinski definition) is 1. The minimum atomic E-state index is -0.757. The van der Waals surface area contributed by atoms with Gasteiger partial charge in [0.2, 0.25) is 0 Å². The Bertz CT molecular complexity index is 420. The second kappa shape index (κ2) is 6.53. The van der Waals surface area contributed by atoms with Crippen LogP contribution < -0.4 is 0 Å². The number of carboxylic acids is 1. The van der Waals surface area contributed by atoms with Gasteiger partial charge in [-0.1, -0.05) is 27.7 Å². The second-order valence-corrected chi connectivity index (χ2v) is 7.24. The monoisotopic (exact) mass is 283 g/mol. The number of rotatable bonds is 6. The summed E-state index contributed by atoms with van der Waals surface area (Å²) in [5.74, 6) is -0.757. The van der Waals surface area contributed by atoms with Crippen molar-refractivity contribution in [3.63, 3.8) is 0 Å². The molecule has 0 bridgehead atoms. The summed E-state index contributed by atoms with van der Waals surface area (Å²) < 4.78 is 0. The van der Waals surface area contributed by atoms with Gasteiger partial charge in [0, 0.05) is 22.3 Å². The molecule has 0 aliphatic carbocycles. The lowest BCUT2D eigenvalue weighted by atomic mass is 9.95. The van der Waals surface area contributed by atoms with Gasteiger partial charge < -0.3 is 5.11 Å². The smallest absolute Gasteiger partial charge is 0.317 e. The van der Waals surface area contributed by atoms with E-state index in [0.717, 1.165) is 13.0 Å². The molecule has 19 heavy (non-hydrogen) atoms. The first-order valence-corrected chi connectivity index (χ1v) is 7.60. The van der Waals surface area contributed by atoms with Gasteiger partial charge in [0.05, 0.1) is 6.54 Å². The lowest BCUT2D eigenvalue weighted by Crippen LogP contribution is -2.36. The van der Waals surface area contributed by atoms with Gasteiger partial charge in [-0.05, 0) is 30.9 Å². The van der Waals surface area contributed by atoms with Gasteiger partial charge in [-0.2, -0.15) is 0 Å². The van der Waals surface area contributed by atoms with Crippen LogP contribution in [0.3, 0.4) is 0 Å². The Kier molecular flexibility index (Phi) is 5.56. The summed E-state index contributed by atoms with van der Waals surface area (Å²) in [7, 11) is 0. The van der Waals surface area contributed by atoms with Crippen molar-refractivity contribution in [2.24, 2.45) is 0 Å². The van der Waals surface area contributed by atoms with Crippen molar-refractivity contribution < 1.29 is 9.90 Å². The number of carboxylic acid groups (broad SMARTS) is 1. The molecule has 0 aliphatic rings. The third kappa shape index (κ3) is 4.96. The third-order valence-corrected chi connectivity index (χ3v) is 4.81. The topological polar surface area (TPSA) is 40.5 Å². The fraction of sp³-hybridized carbons (Fsp3) is 0.667. The van der Waals surface area contributed by atoms with Crippen LogP contribution >= 0.6 is 11.3 Å². The van der Waals surface area contributed by atoms with Gasteiger partial charge in [0.1, 0.15) is 0 Å². The Morgan fingerprint density at radius 3 is 2.47 bits per heavy atom. The molecule has 0 fully saturated rings. The number of nitrogens with zero attached hydrogens (tertiary/aromatic N) is 1. The fourth-order valence-electron chi connectivity index (χ4n) is 1.87. The molecule has 1 N–H and O–H groups in total. The highest BCUT2D eigenvalue weighted by atomic mass is 32.1. The number of carbonyl (C=O) groups is 1. The molecule has 0 amide bonds. The summed E-state index contributed by atoms with van der Waals surface area (Å²) in [5.41, 5.74) is 0.164. The van der Waals surface area contributed by atoms with E-state index < -0.39 is 5.97 Å². The van der Waals surface area contributed by atoms with Gasteiger partial charge in [-0.25, -0.2) is 0 Å². The Hall–Kier alpha value is -0.870. The molecular weight excluding hydrogens is 258 g/mol. The maximum Gasteiger partial charge on any atom is 0.317 e. The fourth-order valence-corrected chi connectivity index (χ4v) is 2.96. The number of aliphatic carboxylic acids is 1. The minimum absolute atomic E-state index is 0.109. The summed E-state index contributed by atoms with van der Waals surface area (Å²) in [6.45, 7) is 11.6. The highest BCUT2D eigenvalue weighted by molar-refractivity contribution is 7.12. The van der Waals surface area contributed by atoms with Gasteiger partial charge in [-0.3, -0.25) is 9.69 Å². The van der Waals surface area contributed by atoms with E-state index in [-0.39, 0.29) is 18.0 Å². The SMILES string of the molecule is CCC(C)N(CC(=O)O)Cc1ccc(C(C)(C)C)s1. The van der Waals surface area contributed by atoms with Gasteiger partial charge in [-0.15, -0.1) is 11.3 Å². The van der Waals surface area contributed by atoms with Gasteiger partial charge in [0.25, 0.3) is 0 Å². The highest BCUT2D eigenvalue weighted by Crippen LogP contribution is 2.30. The molecule has 1 aromatic heterocycles. The summed E-state index contributed by atoms with van der Waals surface area (Å²) in [6.07, 6.45) is 0.963. The molecule has 0 saturated heterocycles. The first-order chi connectivity index (χ1) is 8.74. The Morgan fingerprint density at radius 1 is 1.42 bits per heavy atom. The largest absolute Gasteiger partial charge is 0.480 e. The molecule has 0 aromatic carbocycles. The van der Waals surface area contributed by atoms with Crippen molar-refractivity contribution in [1.29, 1.82) is 0 Å². The lowest BCUT2D eigenvalue weighted by molar-refractivity contribution is -0.139. The van der Waals surface area contributed by atoms with E-state index >= 15 is 0 Å². The molecule has 0 radical (unpaired) electrons. The van der Waals surface area contributed by atoms with Crippen molar-refractivity contribution in [2.45, 2.75) is 59.0 Å². The molecule has 1 aromatic rings. The van der Waals surface area contributed by atoms with Crippen LogP contribution in [-0.2, 0) is 16.8 Å². The summed E-state index contributed by atoms with van der Waals surface area (Å²) in [5, 5.41) is 9.00. The first kappa shape index (κ1) is 16.2. The minimum Gasteiger partial charge on any atom is -0.480 e. The predicted octanol–water partition coefficient (Wildman–Crippen LogP) is 3.73. The molecule has 108 valence electrons. The maximum absolute atomic E-state index is 10.9. The molecule has 1 rings (SSSR count). The van der Waals surface area contributed by atoms with Crippen LogP contribution in [0.4, 0.5) is 0 Å². The second-order valence-electron chi connectivity index (χ2n) is 6.07. The van der Waals surface area contributed by atoms with Crippen molar-refractivity contribution in [3.8, 4) is 0 Å². The highest BCUT2D eigenvalue weighted by Gasteiger charge is 2.19. The van der Waals surface area contributed by atoms with E-state index in [4.69, 9.17) is 5.11 Å². The lowest BCUT2D eigenvalue weighted by Gasteiger charge is -2.26. The molecule has 0 spiro atoms. The molecule has 1 unspecified atom stereocenters. The van der Waals surface area contributed by atoms with Crippen molar-refractivity contribution in [1.82, 2.24) is 4.90 Å². The average Bonchev–Trinajstić information content (AvgIpc) is 2.74.